The second-order valence-corrected chi connectivity index (χ2v) is 3.99. The van der Waals surface area contributed by atoms with Crippen molar-refractivity contribution in [3.63, 3.8) is 0 Å². The minimum atomic E-state index is 0.319. The summed E-state index contributed by atoms with van der Waals surface area (Å²) in [5, 5.41) is 7.88. The molecule has 0 saturated carbocycles. The zero-order valence-electron chi connectivity index (χ0n) is 13.2. The minimum Gasteiger partial charge on any atom is -0.497 e. The van der Waals surface area contributed by atoms with Gasteiger partial charge < -0.3 is 14.6 Å². The van der Waals surface area contributed by atoms with E-state index in [1.54, 1.807) is 7.11 Å². The first-order valence-electron chi connectivity index (χ1n) is 7.16. The van der Waals surface area contributed by atoms with Crippen LogP contribution in [0, 0.1) is 0 Å². The smallest absolute Gasteiger partial charge is 0.119 e. The topological polar surface area (TPSA) is 38.7 Å². The van der Waals surface area contributed by atoms with Gasteiger partial charge in [-0.05, 0) is 37.6 Å². The molecule has 0 unspecified atom stereocenters. The quantitative estimate of drug-likeness (QED) is 0.918. The Morgan fingerprint density at radius 3 is 1.52 bits per heavy atom. The Labute approximate surface area is 128 Å². The first kappa shape index (κ1) is 19.0. The van der Waals surface area contributed by atoms with E-state index in [-0.39, 0.29) is 0 Å². The van der Waals surface area contributed by atoms with Crippen molar-refractivity contribution in [1.29, 1.82) is 0 Å². The van der Waals surface area contributed by atoms with Gasteiger partial charge in [-0.25, -0.2) is 0 Å². The number of para-hydroxylation sites is 2. The molecule has 3 nitrogen and oxygen atoms in total. The third-order valence-electron chi connectivity index (χ3n) is 2.26. The molecule has 116 valence electrons. The fraction of sp³-hybridized carbons (Fsp3) is 0.333. The first-order valence-corrected chi connectivity index (χ1v) is 7.16. The molecule has 0 aliphatic carbocycles. The Hall–Kier alpha value is -2.00. The first-order chi connectivity index (χ1) is 10.3. The Morgan fingerprint density at radius 1 is 0.810 bits per heavy atom. The number of hydrogen-bond donors (Lipinski definition) is 1. The predicted octanol–water partition coefficient (Wildman–Crippen LogP) is 4.17. The molecule has 0 heterocycles. The molecule has 1 N–H and O–H groups in total. The van der Waals surface area contributed by atoms with Gasteiger partial charge in [0, 0.05) is 6.61 Å². The van der Waals surface area contributed by atoms with Crippen molar-refractivity contribution in [3.8, 4) is 11.5 Å². The standard InChI is InChI=1S/C8H10O.C7H8O.C3H8O/c1-2-9-8-6-4-3-5-7-8;1-8-7-5-3-2-4-6-7;1-2-3-4/h3-7H,2H2,1H3;2-6H,1H3;4H,2-3H2,1H3. The normalized spacial score (nSPS) is 8.57. The zero-order chi connectivity index (χ0) is 15.8. The van der Waals surface area contributed by atoms with Crippen molar-refractivity contribution >= 4 is 0 Å². The number of rotatable bonds is 4. The van der Waals surface area contributed by atoms with Crippen molar-refractivity contribution in [2.45, 2.75) is 20.3 Å². The molecular formula is C18H26O3. The molecule has 3 heteroatoms. The van der Waals surface area contributed by atoms with E-state index >= 15 is 0 Å². The third kappa shape index (κ3) is 11.5. The Balaban J connectivity index is 0.000000308. The Bertz CT molecular complexity index is 413. The fourth-order valence-electron chi connectivity index (χ4n) is 1.24. The number of benzene rings is 2. The van der Waals surface area contributed by atoms with Gasteiger partial charge >= 0.3 is 0 Å². The molecule has 21 heavy (non-hydrogen) atoms. The van der Waals surface area contributed by atoms with E-state index in [0.717, 1.165) is 24.5 Å². The highest BCUT2D eigenvalue weighted by molar-refractivity contribution is 5.21. The van der Waals surface area contributed by atoms with Gasteiger partial charge in [-0.2, -0.15) is 0 Å². The molecule has 2 rings (SSSR count). The van der Waals surface area contributed by atoms with Crippen LogP contribution in [0.5, 0.6) is 11.5 Å². The largest absolute Gasteiger partial charge is 0.497 e. The maximum absolute atomic E-state index is 7.88. The van der Waals surface area contributed by atoms with Crippen LogP contribution >= 0.6 is 0 Å². The fourth-order valence-corrected chi connectivity index (χ4v) is 1.24. The predicted molar refractivity (Wildman–Crippen MR) is 88.0 cm³/mol. The molecule has 2 aromatic carbocycles. The third-order valence-corrected chi connectivity index (χ3v) is 2.26. The van der Waals surface area contributed by atoms with Crippen LogP contribution in [0.15, 0.2) is 60.7 Å². The van der Waals surface area contributed by atoms with Crippen LogP contribution in [0.1, 0.15) is 20.3 Å². The molecule has 0 atom stereocenters. The Kier molecular flexibility index (Phi) is 13.0. The van der Waals surface area contributed by atoms with Crippen LogP contribution in [0.2, 0.25) is 0 Å². The summed E-state index contributed by atoms with van der Waals surface area (Å²) in [7, 11) is 1.66. The molecule has 0 amide bonds. The number of hydrogen-bond acceptors (Lipinski definition) is 3. The van der Waals surface area contributed by atoms with Crippen LogP contribution in [-0.4, -0.2) is 25.4 Å². The molecule has 0 fully saturated rings. The van der Waals surface area contributed by atoms with E-state index in [9.17, 15) is 0 Å². The van der Waals surface area contributed by atoms with Gasteiger partial charge in [0.15, 0.2) is 0 Å². The summed E-state index contributed by atoms with van der Waals surface area (Å²) in [5.74, 6) is 1.85. The molecule has 0 aromatic heterocycles. The molecular weight excluding hydrogens is 264 g/mol. The Morgan fingerprint density at radius 2 is 1.24 bits per heavy atom. The molecule has 0 aliphatic rings. The van der Waals surface area contributed by atoms with Gasteiger partial charge in [0.1, 0.15) is 11.5 Å². The monoisotopic (exact) mass is 290 g/mol. The van der Waals surface area contributed by atoms with E-state index in [4.69, 9.17) is 14.6 Å². The molecule has 0 spiro atoms. The summed E-state index contributed by atoms with van der Waals surface area (Å²) >= 11 is 0. The lowest BCUT2D eigenvalue weighted by molar-refractivity contribution is 0.295. The lowest BCUT2D eigenvalue weighted by atomic mass is 10.3. The maximum atomic E-state index is 7.88. The number of ether oxygens (including phenoxy) is 2. The number of aliphatic hydroxyl groups is 1. The van der Waals surface area contributed by atoms with Gasteiger partial charge in [0.05, 0.1) is 13.7 Å². The van der Waals surface area contributed by atoms with Crippen molar-refractivity contribution in [3.05, 3.63) is 60.7 Å². The SMILES string of the molecule is CCCO.CCOc1ccccc1.COc1ccccc1. The average Bonchev–Trinajstić information content (AvgIpc) is 2.58. The average molecular weight is 290 g/mol. The number of aliphatic hydroxyl groups excluding tert-OH is 1. The summed E-state index contributed by atoms with van der Waals surface area (Å²) in [6, 6.07) is 19.5. The van der Waals surface area contributed by atoms with Crippen LogP contribution in [0.25, 0.3) is 0 Å². The summed E-state index contributed by atoms with van der Waals surface area (Å²) < 4.78 is 10.1. The summed E-state index contributed by atoms with van der Waals surface area (Å²) in [6.45, 7) is 4.97. The lowest BCUT2D eigenvalue weighted by Gasteiger charge is -1.99. The van der Waals surface area contributed by atoms with Crippen LogP contribution in [0.3, 0.4) is 0 Å². The molecule has 0 aliphatic heterocycles. The van der Waals surface area contributed by atoms with Crippen molar-refractivity contribution in [2.75, 3.05) is 20.3 Å². The number of methoxy groups -OCH3 is 1. The highest BCUT2D eigenvalue weighted by Crippen LogP contribution is 2.07. The van der Waals surface area contributed by atoms with E-state index in [0.29, 0.717) is 6.61 Å². The summed E-state index contributed by atoms with van der Waals surface area (Å²) in [6.07, 6.45) is 0.875. The van der Waals surface area contributed by atoms with Gasteiger partial charge in [0.2, 0.25) is 0 Å². The molecule has 0 radical (unpaired) electrons. The van der Waals surface area contributed by atoms with Gasteiger partial charge in [-0.3, -0.25) is 0 Å². The van der Waals surface area contributed by atoms with E-state index in [1.807, 2.05) is 74.5 Å². The molecule has 0 saturated heterocycles. The van der Waals surface area contributed by atoms with Crippen molar-refractivity contribution < 1.29 is 14.6 Å². The highest BCUT2D eigenvalue weighted by Gasteiger charge is 1.83. The van der Waals surface area contributed by atoms with Crippen LogP contribution < -0.4 is 9.47 Å². The van der Waals surface area contributed by atoms with Crippen molar-refractivity contribution in [1.82, 2.24) is 0 Å². The second kappa shape index (κ2) is 14.4. The van der Waals surface area contributed by atoms with Crippen LogP contribution in [-0.2, 0) is 0 Å². The van der Waals surface area contributed by atoms with Gasteiger partial charge in [0.25, 0.3) is 0 Å². The van der Waals surface area contributed by atoms with Gasteiger partial charge in [-0.1, -0.05) is 43.3 Å². The molecule has 2 aromatic rings. The van der Waals surface area contributed by atoms with E-state index in [2.05, 4.69) is 0 Å². The minimum absolute atomic E-state index is 0.319. The maximum Gasteiger partial charge on any atom is 0.119 e. The van der Waals surface area contributed by atoms with Crippen molar-refractivity contribution in [2.24, 2.45) is 0 Å². The molecule has 0 bridgehead atoms. The van der Waals surface area contributed by atoms with E-state index < -0.39 is 0 Å². The zero-order valence-corrected chi connectivity index (χ0v) is 13.2. The highest BCUT2D eigenvalue weighted by atomic mass is 16.5. The van der Waals surface area contributed by atoms with Crippen LogP contribution in [0.4, 0.5) is 0 Å². The summed E-state index contributed by atoms with van der Waals surface area (Å²) in [5.41, 5.74) is 0. The lowest BCUT2D eigenvalue weighted by Crippen LogP contribution is -1.89. The van der Waals surface area contributed by atoms with Gasteiger partial charge in [-0.15, -0.1) is 0 Å². The summed E-state index contributed by atoms with van der Waals surface area (Å²) in [4.78, 5) is 0. The van der Waals surface area contributed by atoms with E-state index in [1.165, 1.54) is 0 Å². The second-order valence-electron chi connectivity index (χ2n) is 3.99.